The van der Waals surface area contributed by atoms with Crippen molar-refractivity contribution in [2.75, 3.05) is 12.1 Å². The molecule has 0 atom stereocenters. The van der Waals surface area contributed by atoms with E-state index in [1.165, 1.54) is 36.4 Å². The van der Waals surface area contributed by atoms with Crippen LogP contribution < -0.4 is 14.8 Å². The van der Waals surface area contributed by atoms with Crippen molar-refractivity contribution in [3.63, 3.8) is 0 Å². The molecule has 1 aliphatic heterocycles. The predicted molar refractivity (Wildman–Crippen MR) is 72.0 cm³/mol. The lowest BCUT2D eigenvalue weighted by molar-refractivity contribution is -0.136. The first-order valence-corrected chi connectivity index (χ1v) is 6.32. The molecule has 0 saturated heterocycles. The highest BCUT2D eigenvalue weighted by molar-refractivity contribution is 6.05. The Kier molecular flexibility index (Phi) is 3.40. The summed E-state index contributed by atoms with van der Waals surface area (Å²) in [4.78, 5) is 12.1. The van der Waals surface area contributed by atoms with Crippen LogP contribution in [0.1, 0.15) is 15.9 Å². The molecule has 1 aliphatic rings. The number of carbonyl (C=O) groups excluding carboxylic acids is 1. The first kappa shape index (κ1) is 14.2. The lowest BCUT2D eigenvalue weighted by Gasteiger charge is -2.13. The molecule has 2 aromatic rings. The van der Waals surface area contributed by atoms with Gasteiger partial charge >= 0.3 is 6.18 Å². The number of rotatable bonds is 2. The molecule has 1 amide bonds. The Morgan fingerprint density at radius 2 is 1.77 bits per heavy atom. The summed E-state index contributed by atoms with van der Waals surface area (Å²) in [6.07, 6.45) is -4.54. The number of ether oxygens (including phenoxy) is 2. The number of anilines is 1. The zero-order chi connectivity index (χ0) is 15.7. The predicted octanol–water partition coefficient (Wildman–Crippen LogP) is 3.69. The SMILES string of the molecule is O=C(Nc1ccccc1C(F)(F)F)c1ccc2c(c1)OCO2. The number of hydrogen-bond donors (Lipinski definition) is 1. The minimum Gasteiger partial charge on any atom is -0.454 e. The van der Waals surface area contributed by atoms with Gasteiger partial charge in [0.2, 0.25) is 6.79 Å². The molecular formula is C15H10F3NO3. The smallest absolute Gasteiger partial charge is 0.418 e. The zero-order valence-electron chi connectivity index (χ0n) is 11.1. The average molecular weight is 309 g/mol. The Morgan fingerprint density at radius 1 is 1.05 bits per heavy atom. The fraction of sp³-hybridized carbons (Fsp3) is 0.133. The third-order valence-corrected chi connectivity index (χ3v) is 3.12. The van der Waals surface area contributed by atoms with Gasteiger partial charge in [-0.05, 0) is 30.3 Å². The molecule has 3 rings (SSSR count). The van der Waals surface area contributed by atoms with E-state index in [0.717, 1.165) is 6.07 Å². The van der Waals surface area contributed by atoms with Crippen LogP contribution in [0.4, 0.5) is 18.9 Å². The van der Waals surface area contributed by atoms with E-state index in [4.69, 9.17) is 9.47 Å². The summed E-state index contributed by atoms with van der Waals surface area (Å²) in [6, 6.07) is 9.21. The number of amides is 1. The minimum absolute atomic E-state index is 0.0529. The molecule has 0 aliphatic carbocycles. The van der Waals surface area contributed by atoms with Crippen molar-refractivity contribution in [1.29, 1.82) is 0 Å². The van der Waals surface area contributed by atoms with Gasteiger partial charge in [-0.2, -0.15) is 13.2 Å². The van der Waals surface area contributed by atoms with Crippen LogP contribution in [0.2, 0.25) is 0 Å². The highest BCUT2D eigenvalue weighted by atomic mass is 19.4. The van der Waals surface area contributed by atoms with Crippen LogP contribution in [0.5, 0.6) is 11.5 Å². The number of alkyl halides is 3. The van der Waals surface area contributed by atoms with Crippen molar-refractivity contribution in [2.24, 2.45) is 0 Å². The van der Waals surface area contributed by atoms with E-state index >= 15 is 0 Å². The normalized spacial score (nSPS) is 13.0. The van der Waals surface area contributed by atoms with Gasteiger partial charge in [0.05, 0.1) is 11.3 Å². The fourth-order valence-electron chi connectivity index (χ4n) is 2.07. The Hall–Kier alpha value is -2.70. The largest absolute Gasteiger partial charge is 0.454 e. The number of benzene rings is 2. The first-order chi connectivity index (χ1) is 10.4. The van der Waals surface area contributed by atoms with Crippen molar-refractivity contribution < 1.29 is 27.4 Å². The van der Waals surface area contributed by atoms with E-state index in [1.807, 2.05) is 0 Å². The van der Waals surface area contributed by atoms with E-state index in [-0.39, 0.29) is 18.0 Å². The number of halogens is 3. The van der Waals surface area contributed by atoms with Gasteiger partial charge in [-0.15, -0.1) is 0 Å². The second-order valence-corrected chi connectivity index (χ2v) is 4.57. The van der Waals surface area contributed by atoms with Crippen molar-refractivity contribution in [2.45, 2.75) is 6.18 Å². The van der Waals surface area contributed by atoms with Crippen molar-refractivity contribution in [3.8, 4) is 11.5 Å². The van der Waals surface area contributed by atoms with Crippen LogP contribution in [0.3, 0.4) is 0 Å². The molecule has 0 aromatic heterocycles. The number of carbonyl (C=O) groups is 1. The second-order valence-electron chi connectivity index (χ2n) is 4.57. The third kappa shape index (κ3) is 2.69. The van der Waals surface area contributed by atoms with Gasteiger partial charge in [-0.1, -0.05) is 12.1 Å². The molecule has 1 heterocycles. The third-order valence-electron chi connectivity index (χ3n) is 3.12. The summed E-state index contributed by atoms with van der Waals surface area (Å²) in [5.41, 5.74) is -1.01. The summed E-state index contributed by atoms with van der Waals surface area (Å²) >= 11 is 0. The van der Waals surface area contributed by atoms with Gasteiger partial charge in [0.25, 0.3) is 5.91 Å². The maximum Gasteiger partial charge on any atom is 0.418 e. The summed E-state index contributed by atoms with van der Waals surface area (Å²) < 4.78 is 48.9. The van der Waals surface area contributed by atoms with Crippen LogP contribution in [-0.4, -0.2) is 12.7 Å². The zero-order valence-corrected chi connectivity index (χ0v) is 11.1. The number of hydrogen-bond acceptors (Lipinski definition) is 3. The summed E-state index contributed by atoms with van der Waals surface area (Å²) in [7, 11) is 0. The standard InChI is InChI=1S/C15H10F3NO3/c16-15(17,18)10-3-1-2-4-11(10)19-14(20)9-5-6-12-13(7-9)22-8-21-12/h1-7H,8H2,(H,19,20). The fourth-order valence-corrected chi connectivity index (χ4v) is 2.07. The van der Waals surface area contributed by atoms with Gasteiger partial charge in [-0.3, -0.25) is 4.79 Å². The molecule has 7 heteroatoms. The lowest BCUT2D eigenvalue weighted by Crippen LogP contribution is -2.16. The molecule has 114 valence electrons. The Morgan fingerprint density at radius 3 is 2.55 bits per heavy atom. The summed E-state index contributed by atoms with van der Waals surface area (Å²) in [5, 5.41) is 2.27. The van der Waals surface area contributed by atoms with Gasteiger partial charge in [-0.25, -0.2) is 0 Å². The lowest BCUT2D eigenvalue weighted by atomic mass is 10.1. The number of para-hydroxylation sites is 1. The first-order valence-electron chi connectivity index (χ1n) is 6.32. The monoisotopic (exact) mass is 309 g/mol. The Bertz CT molecular complexity index is 728. The van der Waals surface area contributed by atoms with E-state index in [0.29, 0.717) is 11.5 Å². The highest BCUT2D eigenvalue weighted by Crippen LogP contribution is 2.35. The topological polar surface area (TPSA) is 47.6 Å². The molecule has 4 nitrogen and oxygen atoms in total. The van der Waals surface area contributed by atoms with Gasteiger partial charge in [0, 0.05) is 5.56 Å². The van der Waals surface area contributed by atoms with Crippen LogP contribution in [0, 0.1) is 0 Å². The summed E-state index contributed by atoms with van der Waals surface area (Å²) in [6.45, 7) is 0.0529. The molecule has 0 saturated carbocycles. The van der Waals surface area contributed by atoms with Crippen molar-refractivity contribution in [1.82, 2.24) is 0 Å². The molecule has 0 spiro atoms. The Balaban J connectivity index is 1.86. The van der Waals surface area contributed by atoms with E-state index in [1.54, 1.807) is 0 Å². The van der Waals surface area contributed by atoms with Crippen LogP contribution >= 0.6 is 0 Å². The maximum atomic E-state index is 12.9. The van der Waals surface area contributed by atoms with Crippen LogP contribution in [0.25, 0.3) is 0 Å². The van der Waals surface area contributed by atoms with Gasteiger partial charge in [0.1, 0.15) is 0 Å². The number of fused-ring (bicyclic) bond motifs is 1. The van der Waals surface area contributed by atoms with E-state index < -0.39 is 17.6 Å². The van der Waals surface area contributed by atoms with Crippen LogP contribution in [-0.2, 0) is 6.18 Å². The van der Waals surface area contributed by atoms with E-state index in [2.05, 4.69) is 5.32 Å². The molecular weight excluding hydrogens is 299 g/mol. The summed E-state index contributed by atoms with van der Waals surface area (Å²) in [5.74, 6) is 0.221. The van der Waals surface area contributed by atoms with Crippen molar-refractivity contribution >= 4 is 11.6 Å². The second kappa shape index (κ2) is 5.25. The molecule has 22 heavy (non-hydrogen) atoms. The van der Waals surface area contributed by atoms with E-state index in [9.17, 15) is 18.0 Å². The molecule has 0 bridgehead atoms. The van der Waals surface area contributed by atoms with Crippen molar-refractivity contribution in [3.05, 3.63) is 53.6 Å². The minimum atomic E-state index is -4.54. The molecule has 1 N–H and O–H groups in total. The quantitative estimate of drug-likeness (QED) is 0.920. The van der Waals surface area contributed by atoms with Gasteiger partial charge in [0.15, 0.2) is 11.5 Å². The molecule has 0 radical (unpaired) electrons. The average Bonchev–Trinajstić information content (AvgIpc) is 2.94. The molecule has 2 aromatic carbocycles. The van der Waals surface area contributed by atoms with Crippen LogP contribution in [0.15, 0.2) is 42.5 Å². The number of nitrogens with one attached hydrogen (secondary N) is 1. The Labute approximate surface area is 123 Å². The molecule has 0 fully saturated rings. The highest BCUT2D eigenvalue weighted by Gasteiger charge is 2.33. The van der Waals surface area contributed by atoms with Gasteiger partial charge < -0.3 is 14.8 Å². The maximum absolute atomic E-state index is 12.9. The molecule has 0 unspecified atom stereocenters.